The molecule has 1 unspecified atom stereocenters. The van der Waals surface area contributed by atoms with E-state index in [4.69, 9.17) is 4.74 Å². The Morgan fingerprint density at radius 3 is 2.73 bits per heavy atom. The Balaban J connectivity index is 1.88. The van der Waals surface area contributed by atoms with Crippen molar-refractivity contribution in [1.82, 2.24) is 10.2 Å². The Morgan fingerprint density at radius 2 is 2.07 bits per heavy atom. The van der Waals surface area contributed by atoms with Crippen LogP contribution in [0.25, 0.3) is 0 Å². The second-order valence-electron chi connectivity index (χ2n) is 4.46. The van der Waals surface area contributed by atoms with Crippen LogP contribution >= 0.6 is 0 Å². The number of methoxy groups -OCH3 is 1. The number of hydrogen-bond donors (Lipinski definition) is 1. The van der Waals surface area contributed by atoms with E-state index in [1.54, 1.807) is 0 Å². The molecule has 90 valence electrons. The summed E-state index contributed by atoms with van der Waals surface area (Å²) in [6.07, 6.45) is 7.11. The van der Waals surface area contributed by atoms with Gasteiger partial charge in [0, 0.05) is 20.2 Å². The Bertz CT molecular complexity index is 153. The molecule has 0 bridgehead atoms. The van der Waals surface area contributed by atoms with Crippen LogP contribution in [0, 0.1) is 0 Å². The summed E-state index contributed by atoms with van der Waals surface area (Å²) < 4.78 is 5.35. The molecule has 1 fully saturated rings. The fourth-order valence-corrected chi connectivity index (χ4v) is 2.18. The lowest BCUT2D eigenvalue weighted by molar-refractivity contribution is 0.108. The first kappa shape index (κ1) is 12.9. The molecule has 1 atom stereocenters. The molecule has 0 amide bonds. The predicted octanol–water partition coefficient (Wildman–Crippen LogP) is 1.49. The van der Waals surface area contributed by atoms with E-state index in [-0.39, 0.29) is 0 Å². The largest absolute Gasteiger partial charge is 0.380 e. The molecular weight excluding hydrogens is 188 g/mol. The van der Waals surface area contributed by atoms with Gasteiger partial charge in [0.05, 0.1) is 6.10 Å². The monoisotopic (exact) mass is 214 g/mol. The number of hydrogen-bond acceptors (Lipinski definition) is 3. The van der Waals surface area contributed by atoms with Crippen molar-refractivity contribution in [1.29, 1.82) is 0 Å². The van der Waals surface area contributed by atoms with Crippen LogP contribution in [-0.4, -0.2) is 51.3 Å². The van der Waals surface area contributed by atoms with E-state index in [1.165, 1.54) is 45.2 Å². The Morgan fingerprint density at radius 1 is 1.27 bits per heavy atom. The second kappa shape index (κ2) is 8.08. The number of rotatable bonds is 8. The van der Waals surface area contributed by atoms with Gasteiger partial charge in [-0.1, -0.05) is 12.8 Å². The molecule has 1 aliphatic rings. The third-order valence-electron chi connectivity index (χ3n) is 3.21. The van der Waals surface area contributed by atoms with Crippen molar-refractivity contribution in [3.05, 3.63) is 0 Å². The molecule has 1 aliphatic heterocycles. The maximum Gasteiger partial charge on any atom is 0.0710 e. The minimum absolute atomic E-state index is 0.495. The standard InChI is InChI=1S/C12H26N2O/c1-13-8-5-3-4-6-9-14-10-7-12(11-14)15-2/h12-13H,3-11H2,1-2H3. The molecular formula is C12H26N2O. The van der Waals surface area contributed by atoms with Gasteiger partial charge in [0.25, 0.3) is 0 Å². The Hall–Kier alpha value is -0.120. The summed E-state index contributed by atoms with van der Waals surface area (Å²) in [5, 5.41) is 3.19. The lowest BCUT2D eigenvalue weighted by Crippen LogP contribution is -2.23. The topological polar surface area (TPSA) is 24.5 Å². The number of likely N-dealkylation sites (tertiary alicyclic amines) is 1. The van der Waals surface area contributed by atoms with Gasteiger partial charge in [0.1, 0.15) is 0 Å². The second-order valence-corrected chi connectivity index (χ2v) is 4.46. The zero-order valence-corrected chi connectivity index (χ0v) is 10.3. The fourth-order valence-electron chi connectivity index (χ4n) is 2.18. The lowest BCUT2D eigenvalue weighted by Gasteiger charge is -2.15. The number of ether oxygens (including phenoxy) is 1. The van der Waals surface area contributed by atoms with Gasteiger partial charge in [-0.05, 0) is 39.4 Å². The van der Waals surface area contributed by atoms with E-state index in [0.29, 0.717) is 6.10 Å². The fraction of sp³-hybridized carbons (Fsp3) is 1.00. The molecule has 0 aliphatic carbocycles. The van der Waals surface area contributed by atoms with Crippen molar-refractivity contribution in [2.24, 2.45) is 0 Å². The van der Waals surface area contributed by atoms with Crippen molar-refractivity contribution >= 4 is 0 Å². The van der Waals surface area contributed by atoms with Crippen molar-refractivity contribution in [3.8, 4) is 0 Å². The highest BCUT2D eigenvalue weighted by Gasteiger charge is 2.20. The van der Waals surface area contributed by atoms with E-state index in [1.807, 2.05) is 14.2 Å². The average Bonchev–Trinajstić information content (AvgIpc) is 2.71. The molecule has 1 rings (SSSR count). The van der Waals surface area contributed by atoms with Gasteiger partial charge in [-0.3, -0.25) is 0 Å². The van der Waals surface area contributed by atoms with Crippen molar-refractivity contribution in [3.63, 3.8) is 0 Å². The first-order valence-corrected chi connectivity index (χ1v) is 6.26. The van der Waals surface area contributed by atoms with E-state index >= 15 is 0 Å². The van der Waals surface area contributed by atoms with Crippen molar-refractivity contribution in [2.75, 3.05) is 40.3 Å². The number of nitrogens with one attached hydrogen (secondary N) is 1. The average molecular weight is 214 g/mol. The molecule has 0 radical (unpaired) electrons. The van der Waals surface area contributed by atoms with Gasteiger partial charge >= 0.3 is 0 Å². The highest BCUT2D eigenvalue weighted by Crippen LogP contribution is 2.12. The lowest BCUT2D eigenvalue weighted by atomic mass is 10.2. The summed E-state index contributed by atoms with van der Waals surface area (Å²) in [6, 6.07) is 0. The summed E-state index contributed by atoms with van der Waals surface area (Å²) in [5.74, 6) is 0. The van der Waals surface area contributed by atoms with Crippen LogP contribution in [0.3, 0.4) is 0 Å². The van der Waals surface area contributed by atoms with Crippen LogP contribution in [0.15, 0.2) is 0 Å². The van der Waals surface area contributed by atoms with Crippen LogP contribution in [0.1, 0.15) is 32.1 Å². The third-order valence-corrected chi connectivity index (χ3v) is 3.21. The summed E-state index contributed by atoms with van der Waals surface area (Å²) in [7, 11) is 3.85. The highest BCUT2D eigenvalue weighted by molar-refractivity contribution is 4.75. The normalized spacial score (nSPS) is 22.4. The molecule has 3 heteroatoms. The van der Waals surface area contributed by atoms with Crippen molar-refractivity contribution in [2.45, 2.75) is 38.2 Å². The number of nitrogens with zero attached hydrogens (tertiary/aromatic N) is 1. The van der Waals surface area contributed by atoms with Crippen LogP contribution in [0.4, 0.5) is 0 Å². The Labute approximate surface area is 94.2 Å². The smallest absolute Gasteiger partial charge is 0.0710 e. The maximum atomic E-state index is 5.35. The molecule has 15 heavy (non-hydrogen) atoms. The van der Waals surface area contributed by atoms with Gasteiger partial charge in [0.2, 0.25) is 0 Å². The first-order chi connectivity index (χ1) is 7.36. The molecule has 0 aromatic rings. The molecule has 0 aromatic carbocycles. The van der Waals surface area contributed by atoms with Gasteiger partial charge in [-0.2, -0.15) is 0 Å². The van der Waals surface area contributed by atoms with Crippen LogP contribution in [-0.2, 0) is 4.74 Å². The Kier molecular flexibility index (Phi) is 6.98. The van der Waals surface area contributed by atoms with E-state index in [0.717, 1.165) is 13.1 Å². The zero-order chi connectivity index (χ0) is 10.9. The number of unbranched alkanes of at least 4 members (excludes halogenated alkanes) is 3. The van der Waals surface area contributed by atoms with Crippen molar-refractivity contribution < 1.29 is 4.74 Å². The van der Waals surface area contributed by atoms with E-state index < -0.39 is 0 Å². The van der Waals surface area contributed by atoms with E-state index in [2.05, 4.69) is 10.2 Å². The van der Waals surface area contributed by atoms with E-state index in [9.17, 15) is 0 Å². The first-order valence-electron chi connectivity index (χ1n) is 6.26. The third kappa shape index (κ3) is 5.50. The predicted molar refractivity (Wildman–Crippen MR) is 64.2 cm³/mol. The van der Waals surface area contributed by atoms with Gasteiger partial charge in [-0.25, -0.2) is 0 Å². The quantitative estimate of drug-likeness (QED) is 0.620. The SMILES string of the molecule is CNCCCCCCN1CCC(OC)C1. The molecule has 0 aromatic heterocycles. The highest BCUT2D eigenvalue weighted by atomic mass is 16.5. The van der Waals surface area contributed by atoms with Crippen LogP contribution in [0.2, 0.25) is 0 Å². The summed E-state index contributed by atoms with van der Waals surface area (Å²) >= 11 is 0. The molecule has 1 N–H and O–H groups in total. The minimum Gasteiger partial charge on any atom is -0.380 e. The molecule has 1 heterocycles. The van der Waals surface area contributed by atoms with Crippen LogP contribution in [0.5, 0.6) is 0 Å². The minimum atomic E-state index is 0.495. The molecule has 3 nitrogen and oxygen atoms in total. The van der Waals surface area contributed by atoms with Gasteiger partial charge in [0.15, 0.2) is 0 Å². The molecule has 1 saturated heterocycles. The molecule has 0 spiro atoms. The zero-order valence-electron chi connectivity index (χ0n) is 10.3. The van der Waals surface area contributed by atoms with Gasteiger partial charge < -0.3 is 15.0 Å². The molecule has 0 saturated carbocycles. The maximum absolute atomic E-state index is 5.35. The summed E-state index contributed by atoms with van der Waals surface area (Å²) in [6.45, 7) is 4.80. The summed E-state index contributed by atoms with van der Waals surface area (Å²) in [4.78, 5) is 2.53. The summed E-state index contributed by atoms with van der Waals surface area (Å²) in [5.41, 5.74) is 0. The van der Waals surface area contributed by atoms with Crippen LogP contribution < -0.4 is 5.32 Å². The van der Waals surface area contributed by atoms with Gasteiger partial charge in [-0.15, -0.1) is 0 Å².